The largest absolute Gasteiger partial charge is 0.321 e. The van der Waals surface area contributed by atoms with E-state index in [1.807, 2.05) is 0 Å². The summed E-state index contributed by atoms with van der Waals surface area (Å²) in [5.41, 5.74) is 1.49. The number of nitrogens with two attached hydrogens (primary N) is 1. The molecule has 0 aliphatic carbocycles. The van der Waals surface area contributed by atoms with Crippen LogP contribution in [0.3, 0.4) is 0 Å². The van der Waals surface area contributed by atoms with E-state index in [0.29, 0.717) is 17.0 Å². The van der Waals surface area contributed by atoms with Crippen molar-refractivity contribution in [1.29, 1.82) is 0 Å². The minimum atomic E-state index is -3.92. The molecule has 0 atom stereocenters. The fourth-order valence-corrected chi connectivity index (χ4v) is 2.48. The van der Waals surface area contributed by atoms with Crippen molar-refractivity contribution in [3.05, 3.63) is 47.3 Å². The van der Waals surface area contributed by atoms with E-state index in [4.69, 9.17) is 5.14 Å². The van der Waals surface area contributed by atoms with Gasteiger partial charge in [0.05, 0.1) is 22.6 Å². The molecule has 0 saturated heterocycles. The second-order valence-corrected chi connectivity index (χ2v) is 6.01. The highest BCUT2D eigenvalue weighted by atomic mass is 32.2. The Labute approximate surface area is 122 Å². The van der Waals surface area contributed by atoms with Crippen molar-refractivity contribution >= 4 is 21.6 Å². The van der Waals surface area contributed by atoms with Gasteiger partial charge in [0.25, 0.3) is 5.91 Å². The average Bonchev–Trinajstić information content (AvgIpc) is 2.41. The van der Waals surface area contributed by atoms with E-state index in [1.165, 1.54) is 18.2 Å². The third-order valence-corrected chi connectivity index (χ3v) is 3.76. The molecule has 0 aliphatic heterocycles. The number of hydrogen-bond donors (Lipinski definition) is 2. The molecular weight excluding hydrogens is 292 g/mol. The number of aryl methyl sites for hydroxylation is 2. The molecule has 21 heavy (non-hydrogen) atoms. The predicted octanol–water partition coefficient (Wildman–Crippen LogP) is 0.993. The number of primary sulfonamides is 1. The molecule has 0 unspecified atom stereocenters. The highest BCUT2D eigenvalue weighted by molar-refractivity contribution is 7.89. The maximum absolute atomic E-state index is 12.3. The molecule has 0 spiro atoms. The Morgan fingerprint density at radius 2 is 1.86 bits per heavy atom. The zero-order chi connectivity index (χ0) is 15.6. The standard InChI is InChI=1S/C13H14N4O3S/c1-8-7-10(9(2)17-16-8)13(18)15-11-5-3-4-6-12(11)21(14,19)20/h3-7H,1-2H3,(H,15,18)(H2,14,19,20). The van der Waals surface area contributed by atoms with E-state index in [9.17, 15) is 13.2 Å². The lowest BCUT2D eigenvalue weighted by atomic mass is 10.2. The Morgan fingerprint density at radius 3 is 2.52 bits per heavy atom. The van der Waals surface area contributed by atoms with Crippen molar-refractivity contribution in [2.24, 2.45) is 5.14 Å². The molecule has 1 aromatic heterocycles. The predicted molar refractivity (Wildman–Crippen MR) is 77.3 cm³/mol. The van der Waals surface area contributed by atoms with Gasteiger partial charge in [-0.2, -0.15) is 10.2 Å². The Hall–Kier alpha value is -2.32. The van der Waals surface area contributed by atoms with Crippen LogP contribution >= 0.6 is 0 Å². The van der Waals surface area contributed by atoms with Crippen LogP contribution in [0.5, 0.6) is 0 Å². The van der Waals surface area contributed by atoms with Crippen molar-refractivity contribution in [3.8, 4) is 0 Å². The average molecular weight is 306 g/mol. The normalized spacial score (nSPS) is 11.2. The summed E-state index contributed by atoms with van der Waals surface area (Å²) in [5.74, 6) is -0.471. The number of carbonyl (C=O) groups excluding carboxylic acids is 1. The van der Waals surface area contributed by atoms with Crippen molar-refractivity contribution in [1.82, 2.24) is 10.2 Å². The molecule has 8 heteroatoms. The van der Waals surface area contributed by atoms with E-state index >= 15 is 0 Å². The summed E-state index contributed by atoms with van der Waals surface area (Å²) < 4.78 is 23.0. The number of para-hydroxylation sites is 1. The number of amides is 1. The molecule has 110 valence electrons. The van der Waals surface area contributed by atoms with Gasteiger partial charge in [0.15, 0.2) is 0 Å². The fourth-order valence-electron chi connectivity index (χ4n) is 1.79. The van der Waals surface area contributed by atoms with Gasteiger partial charge < -0.3 is 5.32 Å². The monoisotopic (exact) mass is 306 g/mol. The molecule has 0 bridgehead atoms. The van der Waals surface area contributed by atoms with Gasteiger partial charge >= 0.3 is 0 Å². The van der Waals surface area contributed by atoms with E-state index in [2.05, 4.69) is 15.5 Å². The molecule has 2 rings (SSSR count). The van der Waals surface area contributed by atoms with Gasteiger partial charge in [0.2, 0.25) is 10.0 Å². The number of sulfonamides is 1. The summed E-state index contributed by atoms with van der Waals surface area (Å²) in [7, 11) is -3.92. The number of nitrogens with zero attached hydrogens (tertiary/aromatic N) is 2. The summed E-state index contributed by atoms with van der Waals surface area (Å²) in [5, 5.41) is 15.4. The smallest absolute Gasteiger partial charge is 0.257 e. The zero-order valence-corrected chi connectivity index (χ0v) is 12.3. The van der Waals surface area contributed by atoms with Crippen LogP contribution in [0.4, 0.5) is 5.69 Å². The van der Waals surface area contributed by atoms with E-state index in [0.717, 1.165) is 0 Å². The van der Waals surface area contributed by atoms with Crippen LogP contribution in [0.2, 0.25) is 0 Å². The summed E-state index contributed by atoms with van der Waals surface area (Å²) in [6.45, 7) is 3.36. The van der Waals surface area contributed by atoms with Gasteiger partial charge in [-0.15, -0.1) is 0 Å². The third kappa shape index (κ3) is 3.41. The number of nitrogens with one attached hydrogen (secondary N) is 1. The van der Waals surface area contributed by atoms with Crippen LogP contribution in [0, 0.1) is 13.8 Å². The SMILES string of the molecule is Cc1cc(C(=O)Nc2ccccc2S(N)(=O)=O)c(C)nn1. The van der Waals surface area contributed by atoms with Crippen molar-refractivity contribution in [2.75, 3.05) is 5.32 Å². The highest BCUT2D eigenvalue weighted by Crippen LogP contribution is 2.20. The molecule has 3 N–H and O–H groups in total. The third-order valence-electron chi connectivity index (χ3n) is 2.79. The number of rotatable bonds is 3. The maximum atomic E-state index is 12.3. The van der Waals surface area contributed by atoms with Gasteiger partial charge in [0.1, 0.15) is 4.90 Å². The minimum absolute atomic E-state index is 0.124. The quantitative estimate of drug-likeness (QED) is 0.877. The molecule has 1 amide bonds. The van der Waals surface area contributed by atoms with Crippen LogP contribution in [0.15, 0.2) is 35.2 Å². The lowest BCUT2D eigenvalue weighted by Gasteiger charge is -2.10. The molecule has 1 aromatic carbocycles. The number of carbonyl (C=O) groups is 1. The van der Waals surface area contributed by atoms with Crippen molar-refractivity contribution in [3.63, 3.8) is 0 Å². The number of benzene rings is 1. The second kappa shape index (κ2) is 5.58. The van der Waals surface area contributed by atoms with Gasteiger partial charge in [-0.05, 0) is 32.0 Å². The lowest BCUT2D eigenvalue weighted by molar-refractivity contribution is 0.102. The highest BCUT2D eigenvalue weighted by Gasteiger charge is 2.17. The van der Waals surface area contributed by atoms with E-state index in [-0.39, 0.29) is 10.6 Å². The van der Waals surface area contributed by atoms with Crippen LogP contribution in [-0.4, -0.2) is 24.5 Å². The first kappa shape index (κ1) is 15.1. The molecule has 0 saturated carbocycles. The Bertz CT molecular complexity index is 803. The first-order valence-electron chi connectivity index (χ1n) is 6.03. The molecule has 7 nitrogen and oxygen atoms in total. The number of hydrogen-bond acceptors (Lipinski definition) is 5. The van der Waals surface area contributed by atoms with E-state index in [1.54, 1.807) is 26.0 Å². The summed E-state index contributed by atoms with van der Waals surface area (Å²) >= 11 is 0. The maximum Gasteiger partial charge on any atom is 0.257 e. The van der Waals surface area contributed by atoms with Crippen LogP contribution < -0.4 is 10.5 Å². The number of aromatic nitrogens is 2. The summed E-state index contributed by atoms with van der Waals surface area (Å²) in [4.78, 5) is 12.1. The topological polar surface area (TPSA) is 115 Å². The molecule has 1 heterocycles. The summed E-state index contributed by atoms with van der Waals surface area (Å²) in [6.07, 6.45) is 0. The van der Waals surface area contributed by atoms with Gasteiger partial charge in [-0.3, -0.25) is 4.79 Å². The Kier molecular flexibility index (Phi) is 4.01. The van der Waals surface area contributed by atoms with E-state index < -0.39 is 15.9 Å². The number of anilines is 1. The van der Waals surface area contributed by atoms with Crippen molar-refractivity contribution in [2.45, 2.75) is 18.7 Å². The molecule has 0 aliphatic rings. The molecular formula is C13H14N4O3S. The van der Waals surface area contributed by atoms with Gasteiger partial charge in [-0.25, -0.2) is 13.6 Å². The second-order valence-electron chi connectivity index (χ2n) is 4.48. The molecule has 0 fully saturated rings. The van der Waals surface area contributed by atoms with Crippen LogP contribution in [-0.2, 0) is 10.0 Å². The molecule has 0 radical (unpaired) electrons. The minimum Gasteiger partial charge on any atom is -0.321 e. The fraction of sp³-hybridized carbons (Fsp3) is 0.154. The van der Waals surface area contributed by atoms with Crippen molar-refractivity contribution < 1.29 is 13.2 Å². The first-order valence-corrected chi connectivity index (χ1v) is 7.58. The zero-order valence-electron chi connectivity index (χ0n) is 11.5. The van der Waals surface area contributed by atoms with Gasteiger partial charge in [-0.1, -0.05) is 12.1 Å². The lowest BCUT2D eigenvalue weighted by Crippen LogP contribution is -2.19. The molecule has 2 aromatic rings. The first-order chi connectivity index (χ1) is 9.79. The van der Waals surface area contributed by atoms with Crippen LogP contribution in [0.1, 0.15) is 21.7 Å². The van der Waals surface area contributed by atoms with Gasteiger partial charge in [0, 0.05) is 0 Å². The Morgan fingerprint density at radius 1 is 1.19 bits per heavy atom. The van der Waals surface area contributed by atoms with Crippen LogP contribution in [0.25, 0.3) is 0 Å². The summed E-state index contributed by atoms with van der Waals surface area (Å²) in [6, 6.07) is 7.51. The Balaban J connectivity index is 2.39.